The van der Waals surface area contributed by atoms with Crippen LogP contribution in [0.2, 0.25) is 0 Å². The Kier molecular flexibility index (Phi) is 1.23. The third kappa shape index (κ3) is 1.12. The van der Waals surface area contributed by atoms with Crippen LogP contribution in [0.25, 0.3) is 0 Å². The number of nitrogens with zero attached hydrogens (tertiary/aromatic N) is 1. The number of halogens is 1. The van der Waals surface area contributed by atoms with Gasteiger partial charge in [0.25, 0.3) is 0 Å². The number of pyridine rings is 1. The van der Waals surface area contributed by atoms with Gasteiger partial charge < -0.3 is 5.11 Å². The third-order valence-corrected chi connectivity index (χ3v) is 1.97. The van der Waals surface area contributed by atoms with Crippen molar-refractivity contribution >= 4 is 0 Å². The fourth-order valence-corrected chi connectivity index (χ4v) is 1.07. The van der Waals surface area contributed by atoms with Crippen LogP contribution in [-0.4, -0.2) is 10.1 Å². The summed E-state index contributed by atoms with van der Waals surface area (Å²) >= 11 is 0. The fraction of sp³-hybridized carbons (Fsp3) is 0.375. The third-order valence-electron chi connectivity index (χ3n) is 1.97. The van der Waals surface area contributed by atoms with E-state index in [9.17, 15) is 9.50 Å². The van der Waals surface area contributed by atoms with Gasteiger partial charge in [0.05, 0.1) is 11.8 Å². The molecule has 1 fully saturated rings. The van der Waals surface area contributed by atoms with Gasteiger partial charge >= 0.3 is 0 Å². The Labute approximate surface area is 63.7 Å². The molecule has 1 aliphatic rings. The van der Waals surface area contributed by atoms with Gasteiger partial charge in [-0.05, 0) is 18.9 Å². The highest BCUT2D eigenvalue weighted by Gasteiger charge is 2.42. The molecule has 1 aromatic heterocycles. The summed E-state index contributed by atoms with van der Waals surface area (Å²) in [5.41, 5.74) is -0.174. The zero-order valence-corrected chi connectivity index (χ0v) is 5.92. The standard InChI is InChI=1S/C8H8FNO/c9-7-3-6(4-10-5-7)8(11)1-2-8/h3-5,11H,1-2H2. The van der Waals surface area contributed by atoms with E-state index in [-0.39, 0.29) is 5.82 Å². The highest BCUT2D eigenvalue weighted by Crippen LogP contribution is 2.44. The molecular formula is C8H8FNO. The SMILES string of the molecule is OC1(c2cncc(F)c2)CC1. The zero-order valence-electron chi connectivity index (χ0n) is 5.92. The molecule has 2 rings (SSSR count). The molecule has 0 saturated heterocycles. The van der Waals surface area contributed by atoms with E-state index >= 15 is 0 Å². The molecule has 1 saturated carbocycles. The first kappa shape index (κ1) is 6.73. The first-order valence-electron chi connectivity index (χ1n) is 3.54. The van der Waals surface area contributed by atoms with E-state index in [4.69, 9.17) is 0 Å². The fourth-order valence-electron chi connectivity index (χ4n) is 1.07. The first-order chi connectivity index (χ1) is 5.21. The van der Waals surface area contributed by atoms with Crippen LogP contribution < -0.4 is 0 Å². The molecule has 1 heterocycles. The minimum atomic E-state index is -0.769. The van der Waals surface area contributed by atoms with Gasteiger partial charge in [-0.25, -0.2) is 4.39 Å². The molecule has 11 heavy (non-hydrogen) atoms. The van der Waals surface area contributed by atoms with Crippen molar-refractivity contribution in [1.82, 2.24) is 4.98 Å². The second-order valence-electron chi connectivity index (χ2n) is 2.92. The summed E-state index contributed by atoms with van der Waals surface area (Å²) in [5.74, 6) is -0.386. The zero-order chi connectivity index (χ0) is 7.90. The van der Waals surface area contributed by atoms with E-state index in [1.807, 2.05) is 0 Å². The second-order valence-corrected chi connectivity index (χ2v) is 2.92. The number of aliphatic hydroxyl groups is 1. The molecule has 58 valence electrons. The van der Waals surface area contributed by atoms with E-state index in [1.54, 1.807) is 0 Å². The highest BCUT2D eigenvalue weighted by molar-refractivity contribution is 5.24. The van der Waals surface area contributed by atoms with Crippen LogP contribution in [-0.2, 0) is 5.60 Å². The van der Waals surface area contributed by atoms with Crippen LogP contribution in [0.5, 0.6) is 0 Å². The van der Waals surface area contributed by atoms with Gasteiger partial charge in [0.1, 0.15) is 5.82 Å². The maximum Gasteiger partial charge on any atom is 0.141 e. The lowest BCUT2D eigenvalue weighted by Crippen LogP contribution is -2.04. The summed E-state index contributed by atoms with van der Waals surface area (Å²) in [7, 11) is 0. The van der Waals surface area contributed by atoms with E-state index in [2.05, 4.69) is 4.98 Å². The van der Waals surface area contributed by atoms with Gasteiger partial charge in [-0.15, -0.1) is 0 Å². The molecule has 0 amide bonds. The Bertz CT molecular complexity index is 283. The summed E-state index contributed by atoms with van der Waals surface area (Å²) in [4.78, 5) is 3.66. The molecule has 0 aromatic carbocycles. The van der Waals surface area contributed by atoms with Crippen molar-refractivity contribution in [2.24, 2.45) is 0 Å². The number of hydrogen-bond acceptors (Lipinski definition) is 2. The highest BCUT2D eigenvalue weighted by atomic mass is 19.1. The van der Waals surface area contributed by atoms with Crippen LogP contribution in [0.3, 0.4) is 0 Å². The number of aromatic nitrogens is 1. The van der Waals surface area contributed by atoms with Crippen LogP contribution >= 0.6 is 0 Å². The summed E-state index contributed by atoms with van der Waals surface area (Å²) in [6, 6.07) is 1.33. The Balaban J connectivity index is 2.38. The normalized spacial score (nSPS) is 19.8. The van der Waals surface area contributed by atoms with Crippen molar-refractivity contribution in [3.8, 4) is 0 Å². The Morgan fingerprint density at radius 3 is 2.73 bits per heavy atom. The summed E-state index contributed by atoms with van der Waals surface area (Å²) < 4.78 is 12.6. The topological polar surface area (TPSA) is 33.1 Å². The number of rotatable bonds is 1. The van der Waals surface area contributed by atoms with Gasteiger partial charge in [0.2, 0.25) is 0 Å². The van der Waals surface area contributed by atoms with Gasteiger partial charge in [-0.2, -0.15) is 0 Å². The van der Waals surface area contributed by atoms with Crippen molar-refractivity contribution in [2.75, 3.05) is 0 Å². The van der Waals surface area contributed by atoms with Crippen molar-refractivity contribution in [3.05, 3.63) is 29.8 Å². The van der Waals surface area contributed by atoms with Crippen LogP contribution in [0.1, 0.15) is 18.4 Å². The van der Waals surface area contributed by atoms with Gasteiger partial charge in [0, 0.05) is 11.8 Å². The van der Waals surface area contributed by atoms with Gasteiger partial charge in [-0.3, -0.25) is 4.98 Å². The van der Waals surface area contributed by atoms with Crippen LogP contribution in [0.15, 0.2) is 18.5 Å². The quantitative estimate of drug-likeness (QED) is 0.657. The average molecular weight is 153 g/mol. The molecule has 0 atom stereocenters. The largest absolute Gasteiger partial charge is 0.385 e. The maximum absolute atomic E-state index is 12.6. The van der Waals surface area contributed by atoms with Crippen LogP contribution in [0, 0.1) is 5.82 Å². The molecular weight excluding hydrogens is 145 g/mol. The molecule has 2 nitrogen and oxygen atoms in total. The van der Waals surface area contributed by atoms with Gasteiger partial charge in [0.15, 0.2) is 0 Å². The molecule has 0 bridgehead atoms. The smallest absolute Gasteiger partial charge is 0.141 e. The minimum Gasteiger partial charge on any atom is -0.385 e. The molecule has 0 unspecified atom stereocenters. The summed E-state index contributed by atoms with van der Waals surface area (Å²) in [6.07, 6.45) is 4.08. The van der Waals surface area contributed by atoms with E-state index < -0.39 is 5.60 Å². The Hall–Kier alpha value is -0.960. The molecule has 0 spiro atoms. The lowest BCUT2D eigenvalue weighted by Gasteiger charge is -2.05. The predicted molar refractivity (Wildman–Crippen MR) is 37.3 cm³/mol. The molecule has 0 radical (unpaired) electrons. The molecule has 1 aliphatic carbocycles. The van der Waals surface area contributed by atoms with Crippen molar-refractivity contribution < 1.29 is 9.50 Å². The van der Waals surface area contributed by atoms with Crippen LogP contribution in [0.4, 0.5) is 4.39 Å². The second kappa shape index (κ2) is 2.01. The molecule has 0 aliphatic heterocycles. The Morgan fingerprint density at radius 1 is 1.45 bits per heavy atom. The van der Waals surface area contributed by atoms with Gasteiger partial charge in [-0.1, -0.05) is 0 Å². The lowest BCUT2D eigenvalue weighted by atomic mass is 10.1. The van der Waals surface area contributed by atoms with E-state index in [0.717, 1.165) is 19.0 Å². The van der Waals surface area contributed by atoms with E-state index in [1.165, 1.54) is 12.3 Å². The Morgan fingerprint density at radius 2 is 2.18 bits per heavy atom. The predicted octanol–water partition coefficient (Wildman–Crippen LogP) is 1.20. The number of hydrogen-bond donors (Lipinski definition) is 1. The monoisotopic (exact) mass is 153 g/mol. The molecule has 1 N–H and O–H groups in total. The summed E-state index contributed by atoms with van der Waals surface area (Å²) in [5, 5.41) is 9.52. The first-order valence-corrected chi connectivity index (χ1v) is 3.54. The minimum absolute atomic E-state index is 0.386. The summed E-state index contributed by atoms with van der Waals surface area (Å²) in [6.45, 7) is 0. The lowest BCUT2D eigenvalue weighted by molar-refractivity contribution is 0.150. The van der Waals surface area contributed by atoms with Crippen molar-refractivity contribution in [1.29, 1.82) is 0 Å². The maximum atomic E-state index is 12.6. The molecule has 1 aromatic rings. The molecule has 3 heteroatoms. The van der Waals surface area contributed by atoms with Crippen molar-refractivity contribution in [3.63, 3.8) is 0 Å². The van der Waals surface area contributed by atoms with Crippen molar-refractivity contribution in [2.45, 2.75) is 18.4 Å². The van der Waals surface area contributed by atoms with E-state index in [0.29, 0.717) is 5.56 Å². The average Bonchev–Trinajstić information content (AvgIpc) is 2.70.